The van der Waals surface area contributed by atoms with Crippen LogP contribution in [-0.4, -0.2) is 6.04 Å². The second-order valence-corrected chi connectivity index (χ2v) is 4.83. The van der Waals surface area contributed by atoms with Crippen molar-refractivity contribution in [2.24, 2.45) is 17.6 Å². The molecule has 0 radical (unpaired) electrons. The van der Waals surface area contributed by atoms with Crippen molar-refractivity contribution in [3.05, 3.63) is 0 Å². The first-order valence-electron chi connectivity index (χ1n) is 5.60. The third-order valence-corrected chi connectivity index (χ3v) is 3.72. The zero-order valence-electron chi connectivity index (χ0n) is 7.97. The van der Waals surface area contributed by atoms with E-state index in [2.05, 4.69) is 0 Å². The molecule has 3 aliphatic carbocycles. The standard InChI is InChI=1S/C11H21N/c12-11-7-9-3-1-4-10(8-11)6-2-5-9/h9-11H,1-8,12H2. The molecule has 0 atom stereocenters. The number of rotatable bonds is 0. The summed E-state index contributed by atoms with van der Waals surface area (Å²) in [5.41, 5.74) is 6.09. The van der Waals surface area contributed by atoms with Gasteiger partial charge < -0.3 is 5.73 Å². The van der Waals surface area contributed by atoms with E-state index in [1.807, 2.05) is 0 Å². The van der Waals surface area contributed by atoms with Crippen LogP contribution < -0.4 is 5.73 Å². The van der Waals surface area contributed by atoms with Crippen molar-refractivity contribution >= 4 is 0 Å². The first-order valence-corrected chi connectivity index (χ1v) is 5.60. The Morgan fingerprint density at radius 3 is 1.58 bits per heavy atom. The average molecular weight is 167 g/mol. The van der Waals surface area contributed by atoms with Crippen LogP contribution in [0, 0.1) is 11.8 Å². The molecule has 12 heavy (non-hydrogen) atoms. The Morgan fingerprint density at radius 1 is 0.750 bits per heavy atom. The van der Waals surface area contributed by atoms with E-state index in [1.165, 1.54) is 51.4 Å². The third kappa shape index (κ3) is 2.01. The van der Waals surface area contributed by atoms with E-state index in [0.717, 1.165) is 11.8 Å². The maximum Gasteiger partial charge on any atom is 0.00441 e. The van der Waals surface area contributed by atoms with Crippen LogP contribution in [0.5, 0.6) is 0 Å². The van der Waals surface area contributed by atoms with E-state index >= 15 is 0 Å². The fourth-order valence-corrected chi connectivity index (χ4v) is 3.10. The van der Waals surface area contributed by atoms with Crippen molar-refractivity contribution in [3.63, 3.8) is 0 Å². The topological polar surface area (TPSA) is 26.0 Å². The first-order chi connectivity index (χ1) is 5.84. The van der Waals surface area contributed by atoms with E-state index < -0.39 is 0 Å². The quantitative estimate of drug-likeness (QED) is 0.590. The molecule has 0 aromatic rings. The lowest BCUT2D eigenvalue weighted by molar-refractivity contribution is 0.227. The molecule has 3 rings (SSSR count). The van der Waals surface area contributed by atoms with Crippen molar-refractivity contribution in [1.29, 1.82) is 0 Å². The van der Waals surface area contributed by atoms with Crippen molar-refractivity contribution in [3.8, 4) is 0 Å². The van der Waals surface area contributed by atoms with Gasteiger partial charge in [-0.05, 0) is 24.7 Å². The van der Waals surface area contributed by atoms with Gasteiger partial charge in [-0.3, -0.25) is 0 Å². The van der Waals surface area contributed by atoms with E-state index in [4.69, 9.17) is 5.73 Å². The molecule has 0 aromatic carbocycles. The summed E-state index contributed by atoms with van der Waals surface area (Å²) in [5, 5.41) is 0. The van der Waals surface area contributed by atoms with Gasteiger partial charge in [-0.2, -0.15) is 0 Å². The van der Waals surface area contributed by atoms with Crippen molar-refractivity contribution in [1.82, 2.24) is 0 Å². The summed E-state index contributed by atoms with van der Waals surface area (Å²) >= 11 is 0. The highest BCUT2D eigenvalue weighted by Crippen LogP contribution is 2.34. The van der Waals surface area contributed by atoms with Gasteiger partial charge in [0.15, 0.2) is 0 Å². The van der Waals surface area contributed by atoms with Gasteiger partial charge >= 0.3 is 0 Å². The summed E-state index contributed by atoms with van der Waals surface area (Å²) in [6.07, 6.45) is 11.4. The van der Waals surface area contributed by atoms with Crippen LogP contribution in [0.1, 0.15) is 51.4 Å². The highest BCUT2D eigenvalue weighted by atomic mass is 14.6. The summed E-state index contributed by atoms with van der Waals surface area (Å²) in [7, 11) is 0. The van der Waals surface area contributed by atoms with Crippen LogP contribution in [0.15, 0.2) is 0 Å². The molecular weight excluding hydrogens is 146 g/mol. The van der Waals surface area contributed by atoms with Crippen LogP contribution in [0.3, 0.4) is 0 Å². The minimum absolute atomic E-state index is 0.528. The Bertz CT molecular complexity index is 120. The minimum atomic E-state index is 0.528. The summed E-state index contributed by atoms with van der Waals surface area (Å²) in [4.78, 5) is 0. The molecule has 2 N–H and O–H groups in total. The smallest absolute Gasteiger partial charge is 0.00441 e. The van der Waals surface area contributed by atoms with Crippen molar-refractivity contribution < 1.29 is 0 Å². The van der Waals surface area contributed by atoms with Crippen LogP contribution >= 0.6 is 0 Å². The summed E-state index contributed by atoms with van der Waals surface area (Å²) < 4.78 is 0. The maximum absolute atomic E-state index is 6.09. The lowest BCUT2D eigenvalue weighted by atomic mass is 9.76. The van der Waals surface area contributed by atoms with Gasteiger partial charge in [-0.25, -0.2) is 0 Å². The highest BCUT2D eigenvalue weighted by Gasteiger charge is 2.24. The van der Waals surface area contributed by atoms with Gasteiger partial charge in [0.25, 0.3) is 0 Å². The monoisotopic (exact) mass is 167 g/mol. The predicted octanol–water partition coefficient (Wildman–Crippen LogP) is 2.69. The van der Waals surface area contributed by atoms with Gasteiger partial charge in [-0.1, -0.05) is 38.5 Å². The van der Waals surface area contributed by atoms with Crippen LogP contribution in [-0.2, 0) is 0 Å². The predicted molar refractivity (Wildman–Crippen MR) is 51.9 cm³/mol. The molecule has 0 amide bonds. The second-order valence-electron chi connectivity index (χ2n) is 4.83. The minimum Gasteiger partial charge on any atom is -0.328 e. The average Bonchev–Trinajstić information content (AvgIpc) is 1.91. The molecule has 0 heterocycles. The molecule has 0 aliphatic heterocycles. The van der Waals surface area contributed by atoms with E-state index in [1.54, 1.807) is 0 Å². The number of hydrogen-bond acceptors (Lipinski definition) is 1. The van der Waals surface area contributed by atoms with Crippen LogP contribution in [0.2, 0.25) is 0 Å². The molecule has 2 bridgehead atoms. The second kappa shape index (κ2) is 3.78. The molecule has 3 fully saturated rings. The third-order valence-electron chi connectivity index (χ3n) is 3.72. The van der Waals surface area contributed by atoms with Crippen molar-refractivity contribution in [2.75, 3.05) is 0 Å². The fourth-order valence-electron chi connectivity index (χ4n) is 3.10. The molecule has 0 saturated heterocycles. The van der Waals surface area contributed by atoms with Crippen LogP contribution in [0.4, 0.5) is 0 Å². The molecule has 0 aromatic heterocycles. The highest BCUT2D eigenvalue weighted by molar-refractivity contribution is 4.79. The molecule has 0 spiro atoms. The van der Waals surface area contributed by atoms with Gasteiger partial charge in [0.1, 0.15) is 0 Å². The SMILES string of the molecule is NC1CC2CCCC(CCC2)C1. The Balaban J connectivity index is 2.01. The number of fused-ring (bicyclic) bond motifs is 6. The Hall–Kier alpha value is -0.0400. The van der Waals surface area contributed by atoms with Gasteiger partial charge in [0, 0.05) is 6.04 Å². The maximum atomic E-state index is 6.09. The van der Waals surface area contributed by atoms with E-state index in [-0.39, 0.29) is 0 Å². The summed E-state index contributed by atoms with van der Waals surface area (Å²) in [6.45, 7) is 0. The number of hydrogen-bond donors (Lipinski definition) is 1. The first kappa shape index (κ1) is 8.55. The summed E-state index contributed by atoms with van der Waals surface area (Å²) in [6, 6.07) is 0.528. The Kier molecular flexibility index (Phi) is 2.69. The largest absolute Gasteiger partial charge is 0.328 e. The Morgan fingerprint density at radius 2 is 1.17 bits per heavy atom. The lowest BCUT2D eigenvalue weighted by Crippen LogP contribution is -2.30. The molecule has 1 heteroatoms. The van der Waals surface area contributed by atoms with Gasteiger partial charge in [0.2, 0.25) is 0 Å². The zero-order valence-corrected chi connectivity index (χ0v) is 7.97. The summed E-state index contributed by atoms with van der Waals surface area (Å²) in [5.74, 6) is 1.95. The Labute approximate surface area is 75.7 Å². The number of nitrogens with two attached hydrogens (primary N) is 1. The molecule has 3 saturated carbocycles. The van der Waals surface area contributed by atoms with E-state index in [9.17, 15) is 0 Å². The lowest BCUT2D eigenvalue weighted by Gasteiger charge is -2.32. The fraction of sp³-hybridized carbons (Fsp3) is 1.00. The molecule has 3 aliphatic rings. The molecule has 1 nitrogen and oxygen atoms in total. The van der Waals surface area contributed by atoms with E-state index in [0.29, 0.717) is 6.04 Å². The molecule has 0 unspecified atom stereocenters. The molecular formula is C11H21N. The normalized spacial score (nSPS) is 43.2. The van der Waals surface area contributed by atoms with Gasteiger partial charge in [0.05, 0.1) is 0 Å². The van der Waals surface area contributed by atoms with Crippen molar-refractivity contribution in [2.45, 2.75) is 57.4 Å². The van der Waals surface area contributed by atoms with Gasteiger partial charge in [-0.15, -0.1) is 0 Å². The molecule has 70 valence electrons. The van der Waals surface area contributed by atoms with Crippen LogP contribution in [0.25, 0.3) is 0 Å². The zero-order chi connectivity index (χ0) is 8.39.